The fraction of sp³-hybridized carbons (Fsp3) is 0.860. The number of hydrogen-bond acceptors (Lipinski definition) is 6. The Kier molecular flexibility index (Phi) is 41.1. The highest BCUT2D eigenvalue weighted by Crippen LogP contribution is 2.38. The van der Waals surface area contributed by atoms with Gasteiger partial charge in [0, 0.05) is 6.42 Å². The number of phosphoric ester groups is 1. The average molecular weight is 853 g/mol. The van der Waals surface area contributed by atoms with E-state index in [0.29, 0.717) is 17.4 Å². The number of likely N-dealkylation sites (N-methyl/N-ethyl adjacent to an activating group) is 1. The molecule has 0 spiro atoms. The summed E-state index contributed by atoms with van der Waals surface area (Å²) in [5, 5.41) is 13.8. The van der Waals surface area contributed by atoms with Crippen LogP contribution in [0.2, 0.25) is 0 Å². The number of nitrogens with one attached hydrogen (secondary N) is 1. The first kappa shape index (κ1) is 57.7. The number of rotatable bonds is 45. The Morgan fingerprint density at radius 1 is 0.576 bits per heavy atom. The number of carbonyl (C=O) groups excluding carboxylic acids is 1. The molecule has 9 heteroatoms. The maximum Gasteiger partial charge on any atom is 0.268 e. The van der Waals surface area contributed by atoms with Gasteiger partial charge < -0.3 is 28.8 Å². The van der Waals surface area contributed by atoms with E-state index in [1.165, 1.54) is 148 Å². The van der Waals surface area contributed by atoms with E-state index in [-0.39, 0.29) is 12.5 Å². The fourth-order valence-corrected chi connectivity index (χ4v) is 7.83. The van der Waals surface area contributed by atoms with E-state index in [1.54, 1.807) is 6.08 Å². The quantitative estimate of drug-likeness (QED) is 0.0273. The Labute approximate surface area is 366 Å². The molecule has 2 N–H and O–H groups in total. The van der Waals surface area contributed by atoms with Gasteiger partial charge in [-0.1, -0.05) is 198 Å². The number of aliphatic hydroxyl groups excluding tert-OH is 1. The van der Waals surface area contributed by atoms with Crippen LogP contribution in [0, 0.1) is 0 Å². The Balaban J connectivity index is 4.32. The molecule has 1 amide bonds. The Morgan fingerprint density at radius 2 is 0.949 bits per heavy atom. The second-order valence-electron chi connectivity index (χ2n) is 18.2. The summed E-state index contributed by atoms with van der Waals surface area (Å²) >= 11 is 0. The van der Waals surface area contributed by atoms with Crippen molar-refractivity contribution in [3.8, 4) is 0 Å². The first-order chi connectivity index (χ1) is 28.5. The molecule has 59 heavy (non-hydrogen) atoms. The molecule has 0 aromatic carbocycles. The van der Waals surface area contributed by atoms with Crippen LogP contribution >= 0.6 is 7.82 Å². The first-order valence-corrected chi connectivity index (χ1v) is 26.3. The number of phosphoric acid groups is 1. The number of quaternary nitrogens is 1. The summed E-state index contributed by atoms with van der Waals surface area (Å²) in [4.78, 5) is 25.3. The van der Waals surface area contributed by atoms with E-state index in [0.717, 1.165) is 57.8 Å². The largest absolute Gasteiger partial charge is 0.756 e. The van der Waals surface area contributed by atoms with Crippen LogP contribution in [0.25, 0.3) is 0 Å². The topological polar surface area (TPSA) is 108 Å². The number of allylic oxidation sites excluding steroid dienone is 5. The van der Waals surface area contributed by atoms with E-state index in [9.17, 15) is 19.4 Å². The monoisotopic (exact) mass is 853 g/mol. The molecule has 0 aromatic heterocycles. The highest BCUT2D eigenvalue weighted by atomic mass is 31.2. The number of amides is 1. The zero-order chi connectivity index (χ0) is 43.6. The molecule has 0 radical (unpaired) electrons. The summed E-state index contributed by atoms with van der Waals surface area (Å²) in [6.07, 6.45) is 52.1. The van der Waals surface area contributed by atoms with Crippen molar-refractivity contribution in [2.24, 2.45) is 0 Å². The molecule has 3 unspecified atom stereocenters. The molecular weight excluding hydrogens is 756 g/mol. The fourth-order valence-electron chi connectivity index (χ4n) is 7.10. The van der Waals surface area contributed by atoms with E-state index < -0.39 is 26.6 Å². The zero-order valence-electron chi connectivity index (χ0n) is 39.5. The van der Waals surface area contributed by atoms with E-state index in [2.05, 4.69) is 43.5 Å². The van der Waals surface area contributed by atoms with Gasteiger partial charge in [-0.25, -0.2) is 0 Å². The molecule has 0 aliphatic carbocycles. The van der Waals surface area contributed by atoms with Gasteiger partial charge >= 0.3 is 0 Å². The molecule has 348 valence electrons. The van der Waals surface area contributed by atoms with Crippen LogP contribution in [0.5, 0.6) is 0 Å². The number of nitrogens with zero attached hydrogens (tertiary/aromatic N) is 1. The van der Waals surface area contributed by atoms with Gasteiger partial charge in [0.05, 0.1) is 39.9 Å². The molecule has 0 rings (SSSR count). The lowest BCUT2D eigenvalue weighted by Crippen LogP contribution is -2.45. The predicted molar refractivity (Wildman–Crippen MR) is 251 cm³/mol. The highest BCUT2D eigenvalue weighted by molar-refractivity contribution is 7.45. The first-order valence-electron chi connectivity index (χ1n) is 24.9. The minimum absolute atomic E-state index is 0.00779. The lowest BCUT2D eigenvalue weighted by Gasteiger charge is -2.29. The van der Waals surface area contributed by atoms with Crippen LogP contribution in [0.1, 0.15) is 226 Å². The van der Waals surface area contributed by atoms with Gasteiger partial charge in [-0.15, -0.1) is 0 Å². The Hall–Kier alpha value is -1.28. The van der Waals surface area contributed by atoms with Crippen molar-refractivity contribution in [2.75, 3.05) is 40.9 Å². The third kappa shape index (κ3) is 44.6. The van der Waals surface area contributed by atoms with Crippen molar-refractivity contribution < 1.29 is 32.9 Å². The smallest absolute Gasteiger partial charge is 0.268 e. The summed E-state index contributed by atoms with van der Waals surface area (Å²) in [6, 6.07) is -0.906. The normalized spacial score (nSPS) is 14.5. The predicted octanol–water partition coefficient (Wildman–Crippen LogP) is 13.6. The lowest BCUT2D eigenvalue weighted by atomic mass is 10.0. The van der Waals surface area contributed by atoms with Crippen LogP contribution in [0.4, 0.5) is 0 Å². The van der Waals surface area contributed by atoms with Gasteiger partial charge in [-0.3, -0.25) is 9.36 Å². The van der Waals surface area contributed by atoms with Crippen molar-refractivity contribution in [3.05, 3.63) is 36.5 Å². The minimum Gasteiger partial charge on any atom is -0.756 e. The number of unbranched alkanes of at least 4 members (excludes halogenated alkanes) is 28. The molecule has 0 aliphatic rings. The lowest BCUT2D eigenvalue weighted by molar-refractivity contribution is -0.870. The van der Waals surface area contributed by atoms with E-state index in [4.69, 9.17) is 9.05 Å². The summed E-state index contributed by atoms with van der Waals surface area (Å²) in [5.41, 5.74) is 0. The summed E-state index contributed by atoms with van der Waals surface area (Å²) < 4.78 is 23.2. The van der Waals surface area contributed by atoms with E-state index in [1.807, 2.05) is 27.2 Å². The maximum absolute atomic E-state index is 12.8. The summed E-state index contributed by atoms with van der Waals surface area (Å²) in [5.74, 6) is -0.216. The van der Waals surface area contributed by atoms with Crippen molar-refractivity contribution in [3.63, 3.8) is 0 Å². The Bertz CT molecular complexity index is 1060. The molecule has 0 saturated heterocycles. The van der Waals surface area contributed by atoms with Gasteiger partial charge in [-0.2, -0.15) is 0 Å². The van der Waals surface area contributed by atoms with Crippen molar-refractivity contribution in [2.45, 2.75) is 238 Å². The summed E-state index contributed by atoms with van der Waals surface area (Å²) in [6.45, 7) is 4.61. The van der Waals surface area contributed by atoms with Crippen LogP contribution < -0.4 is 10.2 Å². The van der Waals surface area contributed by atoms with Crippen molar-refractivity contribution in [1.29, 1.82) is 0 Å². The molecule has 0 saturated carbocycles. The number of carbonyl (C=O) groups is 1. The summed E-state index contributed by atoms with van der Waals surface area (Å²) in [7, 11) is 1.24. The van der Waals surface area contributed by atoms with Crippen molar-refractivity contribution >= 4 is 13.7 Å². The molecule has 0 fully saturated rings. The standard InChI is InChI=1S/C50H97N2O6P/c1-6-8-10-12-14-16-18-20-21-22-23-24-25-26-27-28-29-30-32-33-35-37-39-41-43-49(53)48(47-58-59(55,56)57-46-45-52(3,4)5)51-50(54)44-42-40-38-36-34-31-19-17-15-13-11-9-7-2/h17,19,33,35,41,43,48-49,53H,6-16,18,20-32,34,36-40,42,44-47H2,1-5H3,(H-,51,54,55,56)/b19-17-,35-33+,43-41+. The number of aliphatic hydroxyl groups is 1. The zero-order valence-corrected chi connectivity index (χ0v) is 40.4. The molecule has 3 atom stereocenters. The second kappa shape index (κ2) is 42.0. The van der Waals surface area contributed by atoms with Crippen LogP contribution in [-0.4, -0.2) is 68.5 Å². The molecule has 0 heterocycles. The maximum atomic E-state index is 12.8. The third-order valence-electron chi connectivity index (χ3n) is 11.1. The van der Waals surface area contributed by atoms with Gasteiger partial charge in [0.15, 0.2) is 0 Å². The third-order valence-corrected chi connectivity index (χ3v) is 12.0. The number of hydrogen-bond donors (Lipinski definition) is 2. The van der Waals surface area contributed by atoms with Crippen LogP contribution in [-0.2, 0) is 18.4 Å². The molecule has 0 bridgehead atoms. The van der Waals surface area contributed by atoms with E-state index >= 15 is 0 Å². The van der Waals surface area contributed by atoms with Gasteiger partial charge in [0.1, 0.15) is 13.2 Å². The Morgan fingerprint density at radius 3 is 1.39 bits per heavy atom. The van der Waals surface area contributed by atoms with Crippen LogP contribution in [0.15, 0.2) is 36.5 Å². The minimum atomic E-state index is -4.60. The second-order valence-corrected chi connectivity index (χ2v) is 19.6. The van der Waals surface area contributed by atoms with Gasteiger partial charge in [0.2, 0.25) is 5.91 Å². The highest BCUT2D eigenvalue weighted by Gasteiger charge is 2.23. The van der Waals surface area contributed by atoms with Crippen LogP contribution in [0.3, 0.4) is 0 Å². The van der Waals surface area contributed by atoms with Crippen molar-refractivity contribution in [1.82, 2.24) is 5.32 Å². The molecule has 0 aromatic rings. The van der Waals surface area contributed by atoms with Gasteiger partial charge in [0.25, 0.3) is 7.82 Å². The van der Waals surface area contributed by atoms with Gasteiger partial charge in [-0.05, 0) is 57.8 Å². The molecule has 8 nitrogen and oxygen atoms in total. The molecule has 0 aliphatic heterocycles. The SMILES string of the molecule is CCCCCC/C=C\CCCCCCCC(=O)NC(COP(=O)([O-])OCC[N+](C)(C)C)C(O)/C=C/CC/C=C/CCCCCCCCCCCCCCCCCCCC. The average Bonchev–Trinajstić information content (AvgIpc) is 3.19. The molecular formula is C50H97N2O6P.